The van der Waals surface area contributed by atoms with Crippen LogP contribution in [0.4, 0.5) is 5.69 Å². The van der Waals surface area contributed by atoms with Crippen LogP contribution in [0.1, 0.15) is 48.8 Å². The number of benzene rings is 3. The van der Waals surface area contributed by atoms with Crippen LogP contribution in [-0.2, 0) is 32.6 Å². The summed E-state index contributed by atoms with van der Waals surface area (Å²) in [7, 11) is -3.81. The third kappa shape index (κ3) is 8.66. The van der Waals surface area contributed by atoms with E-state index in [2.05, 4.69) is 21.2 Å². The number of amides is 2. The largest absolute Gasteiger partial charge is 0.352 e. The van der Waals surface area contributed by atoms with E-state index in [4.69, 9.17) is 0 Å². The summed E-state index contributed by atoms with van der Waals surface area (Å²) in [4.78, 5) is 29.8. The molecule has 0 radical (unpaired) electrons. The summed E-state index contributed by atoms with van der Waals surface area (Å²) in [5.74, 6) is -0.658. The van der Waals surface area contributed by atoms with Crippen molar-refractivity contribution in [3.05, 3.63) is 100 Å². The molecule has 0 saturated heterocycles. The molecule has 7 nitrogen and oxygen atoms in total. The molecule has 0 unspecified atom stereocenters. The van der Waals surface area contributed by atoms with Crippen LogP contribution in [0, 0.1) is 6.92 Å². The average molecular weight is 641 g/mol. The molecule has 1 aliphatic carbocycles. The maximum atomic E-state index is 14.2. The highest BCUT2D eigenvalue weighted by atomic mass is 79.9. The predicted octanol–water partition coefficient (Wildman–Crippen LogP) is 5.61. The van der Waals surface area contributed by atoms with Crippen molar-refractivity contribution in [1.29, 1.82) is 0 Å². The van der Waals surface area contributed by atoms with Gasteiger partial charge in [0, 0.05) is 23.5 Å². The van der Waals surface area contributed by atoms with Crippen LogP contribution in [0.15, 0.2) is 83.3 Å². The van der Waals surface area contributed by atoms with Crippen molar-refractivity contribution in [2.75, 3.05) is 17.1 Å². The highest BCUT2D eigenvalue weighted by Crippen LogP contribution is 2.24. The van der Waals surface area contributed by atoms with Gasteiger partial charge in [0.1, 0.15) is 12.6 Å². The standard InChI is InChI=1S/C32H38BrN3O4S/c1-24-12-9-10-15-26(24)22-35(31(37)23-36(41(2,39)40)29-19-11-16-27(33)21-29)30(20-25-13-5-3-6-14-25)32(38)34-28-17-7-4-8-18-28/h3,5-6,9-16,19,21,28,30H,4,7-8,17-18,20,22-23H2,1-2H3,(H,34,38)/t30-/m1/s1. The van der Waals surface area contributed by atoms with Gasteiger partial charge in [-0.3, -0.25) is 13.9 Å². The Bertz CT molecular complexity index is 1440. The van der Waals surface area contributed by atoms with Gasteiger partial charge in [0.15, 0.2) is 0 Å². The summed E-state index contributed by atoms with van der Waals surface area (Å²) < 4.78 is 27.7. The Labute approximate surface area is 252 Å². The van der Waals surface area contributed by atoms with E-state index < -0.39 is 28.5 Å². The molecule has 1 fully saturated rings. The van der Waals surface area contributed by atoms with Crippen LogP contribution in [0.2, 0.25) is 0 Å². The molecule has 1 aliphatic rings. The molecule has 0 aliphatic heterocycles. The summed E-state index contributed by atoms with van der Waals surface area (Å²) in [6, 6.07) is 23.5. The minimum absolute atomic E-state index is 0.0686. The first-order valence-electron chi connectivity index (χ1n) is 14.0. The lowest BCUT2D eigenvalue weighted by Gasteiger charge is -2.35. The highest BCUT2D eigenvalue weighted by Gasteiger charge is 2.34. The lowest BCUT2D eigenvalue weighted by atomic mass is 9.94. The van der Waals surface area contributed by atoms with E-state index >= 15 is 0 Å². The zero-order valence-electron chi connectivity index (χ0n) is 23.6. The number of hydrogen-bond donors (Lipinski definition) is 1. The highest BCUT2D eigenvalue weighted by molar-refractivity contribution is 9.10. The van der Waals surface area contributed by atoms with E-state index in [1.54, 1.807) is 29.2 Å². The number of carbonyl (C=O) groups is 2. The van der Waals surface area contributed by atoms with Crippen LogP contribution in [0.3, 0.4) is 0 Å². The second-order valence-corrected chi connectivity index (χ2v) is 13.6. The van der Waals surface area contributed by atoms with Crippen molar-refractivity contribution in [2.45, 2.75) is 64.1 Å². The number of nitrogens with zero attached hydrogens (tertiary/aromatic N) is 2. The first kappa shape index (κ1) is 30.8. The van der Waals surface area contributed by atoms with Crippen molar-refractivity contribution < 1.29 is 18.0 Å². The zero-order valence-corrected chi connectivity index (χ0v) is 26.0. The van der Waals surface area contributed by atoms with Crippen LogP contribution in [0.25, 0.3) is 0 Å². The molecule has 1 saturated carbocycles. The van der Waals surface area contributed by atoms with Gasteiger partial charge in [-0.15, -0.1) is 0 Å². The lowest BCUT2D eigenvalue weighted by Crippen LogP contribution is -2.55. The topological polar surface area (TPSA) is 86.8 Å². The number of nitrogens with one attached hydrogen (secondary N) is 1. The number of aryl methyl sites for hydroxylation is 1. The fraction of sp³-hybridized carbons (Fsp3) is 0.375. The number of rotatable bonds is 11. The first-order valence-corrected chi connectivity index (χ1v) is 16.7. The van der Waals surface area contributed by atoms with Gasteiger partial charge >= 0.3 is 0 Å². The SMILES string of the molecule is Cc1ccccc1CN(C(=O)CN(c1cccc(Br)c1)S(C)(=O)=O)[C@H](Cc1ccccc1)C(=O)NC1CCCCC1. The Morgan fingerprint density at radius 2 is 1.63 bits per heavy atom. The smallest absolute Gasteiger partial charge is 0.244 e. The fourth-order valence-corrected chi connectivity index (χ4v) is 6.54. The van der Waals surface area contributed by atoms with Gasteiger partial charge in [-0.2, -0.15) is 0 Å². The normalized spacial score (nSPS) is 14.7. The minimum Gasteiger partial charge on any atom is -0.352 e. The Morgan fingerprint density at radius 3 is 2.29 bits per heavy atom. The maximum absolute atomic E-state index is 14.2. The van der Waals surface area contributed by atoms with Gasteiger partial charge in [0.25, 0.3) is 0 Å². The van der Waals surface area contributed by atoms with Crippen LogP contribution in [-0.4, -0.2) is 50.0 Å². The lowest BCUT2D eigenvalue weighted by molar-refractivity contribution is -0.140. The van der Waals surface area contributed by atoms with E-state index in [0.29, 0.717) is 16.6 Å². The molecule has 9 heteroatoms. The average Bonchev–Trinajstić information content (AvgIpc) is 2.95. The molecule has 0 heterocycles. The number of halogens is 1. The van der Waals surface area contributed by atoms with Gasteiger partial charge in [-0.05, 0) is 54.7 Å². The molecule has 2 amide bonds. The Morgan fingerprint density at radius 1 is 0.951 bits per heavy atom. The van der Waals surface area contributed by atoms with E-state index in [1.807, 2.05) is 61.5 Å². The summed E-state index contributed by atoms with van der Waals surface area (Å²) >= 11 is 3.40. The van der Waals surface area contributed by atoms with Crippen molar-refractivity contribution in [3.63, 3.8) is 0 Å². The molecule has 218 valence electrons. The maximum Gasteiger partial charge on any atom is 0.244 e. The third-order valence-corrected chi connectivity index (χ3v) is 9.23. The molecule has 0 bridgehead atoms. The van der Waals surface area contributed by atoms with E-state index in [9.17, 15) is 18.0 Å². The van der Waals surface area contributed by atoms with Crippen LogP contribution < -0.4 is 9.62 Å². The van der Waals surface area contributed by atoms with Crippen LogP contribution in [0.5, 0.6) is 0 Å². The molecular weight excluding hydrogens is 602 g/mol. The number of hydrogen-bond acceptors (Lipinski definition) is 4. The molecule has 41 heavy (non-hydrogen) atoms. The van der Waals surface area contributed by atoms with Gasteiger partial charge in [0.2, 0.25) is 21.8 Å². The second-order valence-electron chi connectivity index (χ2n) is 10.7. The van der Waals surface area contributed by atoms with Crippen molar-refractivity contribution >= 4 is 43.5 Å². The number of carbonyl (C=O) groups excluding carboxylic acids is 2. The molecule has 0 spiro atoms. The molecule has 4 rings (SSSR count). The van der Waals surface area contributed by atoms with E-state index in [0.717, 1.165) is 59.4 Å². The summed E-state index contributed by atoms with van der Waals surface area (Å²) in [6.07, 6.45) is 6.53. The number of anilines is 1. The fourth-order valence-electron chi connectivity index (χ4n) is 5.31. The van der Waals surface area contributed by atoms with Gasteiger partial charge < -0.3 is 10.2 Å². The summed E-state index contributed by atoms with van der Waals surface area (Å²) in [5.41, 5.74) is 3.18. The van der Waals surface area contributed by atoms with Gasteiger partial charge in [0.05, 0.1) is 11.9 Å². The molecule has 1 N–H and O–H groups in total. The first-order chi connectivity index (χ1) is 19.6. The van der Waals surface area contributed by atoms with E-state index in [-0.39, 0.29) is 18.5 Å². The van der Waals surface area contributed by atoms with Crippen molar-refractivity contribution in [1.82, 2.24) is 10.2 Å². The molecular formula is C32H38BrN3O4S. The van der Waals surface area contributed by atoms with Crippen LogP contribution >= 0.6 is 15.9 Å². The van der Waals surface area contributed by atoms with Crippen molar-refractivity contribution in [2.24, 2.45) is 0 Å². The van der Waals surface area contributed by atoms with Gasteiger partial charge in [-0.1, -0.05) is 95.9 Å². The van der Waals surface area contributed by atoms with Gasteiger partial charge in [-0.25, -0.2) is 8.42 Å². The minimum atomic E-state index is -3.81. The molecule has 3 aromatic rings. The number of sulfonamides is 1. The molecule has 0 aromatic heterocycles. The molecule has 1 atom stereocenters. The Balaban J connectivity index is 1.73. The monoisotopic (exact) mass is 639 g/mol. The Hall–Kier alpha value is -3.17. The second kappa shape index (κ2) is 14.1. The Kier molecular flexibility index (Phi) is 10.6. The summed E-state index contributed by atoms with van der Waals surface area (Å²) in [5, 5.41) is 3.23. The third-order valence-electron chi connectivity index (χ3n) is 7.60. The predicted molar refractivity (Wildman–Crippen MR) is 167 cm³/mol. The molecule has 3 aromatic carbocycles. The quantitative estimate of drug-likeness (QED) is 0.295. The van der Waals surface area contributed by atoms with Crippen molar-refractivity contribution in [3.8, 4) is 0 Å². The summed E-state index contributed by atoms with van der Waals surface area (Å²) in [6.45, 7) is 1.72. The van der Waals surface area contributed by atoms with E-state index in [1.165, 1.54) is 0 Å². The zero-order chi connectivity index (χ0) is 29.4.